The number of hydrogen-bond acceptors (Lipinski definition) is 3. The first-order valence-electron chi connectivity index (χ1n) is 4.17. The smallest absolute Gasteiger partial charge is 0.0905 e. The lowest BCUT2D eigenvalue weighted by molar-refractivity contribution is 0.200. The summed E-state index contributed by atoms with van der Waals surface area (Å²) in [5.74, 6) is 2.54. The van der Waals surface area contributed by atoms with Crippen molar-refractivity contribution in [3.8, 4) is 0 Å². The van der Waals surface area contributed by atoms with Gasteiger partial charge in [-0.3, -0.25) is 5.41 Å². The Hall–Kier alpha value is -0.220. The molecule has 0 spiro atoms. The van der Waals surface area contributed by atoms with Gasteiger partial charge in [-0.05, 0) is 24.3 Å². The maximum absolute atomic E-state index is 6.99. The summed E-state index contributed by atoms with van der Waals surface area (Å²) >= 11 is 1.90. The molecule has 0 saturated carbocycles. The summed E-state index contributed by atoms with van der Waals surface area (Å²) in [6.07, 6.45) is 2.87. The minimum absolute atomic E-state index is 0.299. The fourth-order valence-electron chi connectivity index (χ4n) is 0.772. The number of ether oxygens (including phenoxy) is 1. The molecule has 0 aliphatic carbocycles. The molecule has 0 amide bonds. The van der Waals surface area contributed by atoms with E-state index in [1.165, 1.54) is 0 Å². The van der Waals surface area contributed by atoms with E-state index in [1.807, 2.05) is 11.8 Å². The zero-order valence-corrected chi connectivity index (χ0v) is 8.45. The molecule has 3 N–H and O–H groups in total. The predicted octanol–water partition coefficient (Wildman–Crippen LogP) is 1.47. The maximum atomic E-state index is 6.99. The molecular weight excluding hydrogens is 172 g/mol. The van der Waals surface area contributed by atoms with E-state index in [9.17, 15) is 0 Å². The van der Waals surface area contributed by atoms with E-state index >= 15 is 0 Å². The minimum atomic E-state index is 0.299. The zero-order valence-electron chi connectivity index (χ0n) is 7.64. The summed E-state index contributed by atoms with van der Waals surface area (Å²) in [6.45, 7) is 0.847. The van der Waals surface area contributed by atoms with Crippen LogP contribution < -0.4 is 5.73 Å². The molecule has 0 aliphatic rings. The molecule has 0 aliphatic heterocycles. The van der Waals surface area contributed by atoms with Gasteiger partial charge in [-0.1, -0.05) is 0 Å². The monoisotopic (exact) mass is 190 g/mol. The topological polar surface area (TPSA) is 59.1 Å². The molecule has 0 unspecified atom stereocenters. The van der Waals surface area contributed by atoms with Crippen LogP contribution in [0.3, 0.4) is 0 Å². The Bertz CT molecular complexity index is 120. The van der Waals surface area contributed by atoms with Gasteiger partial charge in [0.25, 0.3) is 0 Å². The van der Waals surface area contributed by atoms with Crippen LogP contribution in [0.5, 0.6) is 0 Å². The summed E-state index contributed by atoms with van der Waals surface area (Å²) in [4.78, 5) is 0. The molecule has 4 heteroatoms. The molecule has 0 atom stereocenters. The Kier molecular flexibility index (Phi) is 8.71. The van der Waals surface area contributed by atoms with E-state index in [0.717, 1.165) is 37.4 Å². The fourth-order valence-corrected chi connectivity index (χ4v) is 1.65. The highest BCUT2D eigenvalue weighted by atomic mass is 32.2. The molecule has 0 radical (unpaired) electrons. The van der Waals surface area contributed by atoms with Gasteiger partial charge in [-0.2, -0.15) is 11.8 Å². The van der Waals surface area contributed by atoms with E-state index in [1.54, 1.807) is 7.11 Å². The number of methoxy groups -OCH3 is 1. The molecule has 0 aromatic heterocycles. The molecule has 0 bridgehead atoms. The van der Waals surface area contributed by atoms with Gasteiger partial charge in [0.2, 0.25) is 0 Å². The summed E-state index contributed by atoms with van der Waals surface area (Å²) < 4.78 is 4.92. The van der Waals surface area contributed by atoms with Gasteiger partial charge < -0.3 is 10.5 Å². The van der Waals surface area contributed by atoms with Gasteiger partial charge in [0.1, 0.15) is 0 Å². The van der Waals surface area contributed by atoms with Crippen molar-refractivity contribution in [2.24, 2.45) is 5.73 Å². The second kappa shape index (κ2) is 8.87. The molecule has 0 aromatic rings. The highest BCUT2D eigenvalue weighted by Crippen LogP contribution is 2.05. The van der Waals surface area contributed by atoms with Gasteiger partial charge in [-0.25, -0.2) is 0 Å². The molecular formula is C8H18N2OS. The molecule has 12 heavy (non-hydrogen) atoms. The zero-order chi connectivity index (χ0) is 9.23. The fraction of sp³-hybridized carbons (Fsp3) is 0.875. The van der Waals surface area contributed by atoms with Crippen molar-refractivity contribution < 1.29 is 4.74 Å². The van der Waals surface area contributed by atoms with Gasteiger partial charge >= 0.3 is 0 Å². The normalized spacial score (nSPS) is 10.1. The predicted molar refractivity (Wildman–Crippen MR) is 55.0 cm³/mol. The third-order valence-corrected chi connectivity index (χ3v) is 2.53. The van der Waals surface area contributed by atoms with Gasteiger partial charge in [0.05, 0.1) is 5.84 Å². The number of nitrogens with one attached hydrogen (secondary N) is 1. The maximum Gasteiger partial charge on any atom is 0.0905 e. The second-order valence-corrected chi connectivity index (χ2v) is 3.81. The molecule has 0 rings (SSSR count). The summed E-state index contributed by atoms with van der Waals surface area (Å²) in [7, 11) is 1.72. The third kappa shape index (κ3) is 9.78. The highest BCUT2D eigenvalue weighted by Gasteiger charge is 1.92. The lowest BCUT2D eigenvalue weighted by Crippen LogP contribution is -2.09. The van der Waals surface area contributed by atoms with Crippen LogP contribution in [0.4, 0.5) is 0 Å². The molecule has 0 fully saturated rings. The number of nitrogens with two attached hydrogens (primary N) is 1. The molecule has 72 valence electrons. The van der Waals surface area contributed by atoms with Crippen molar-refractivity contribution >= 4 is 17.6 Å². The lowest BCUT2D eigenvalue weighted by Gasteiger charge is -2.00. The van der Waals surface area contributed by atoms with E-state index in [4.69, 9.17) is 15.9 Å². The Balaban J connectivity index is 2.86. The third-order valence-electron chi connectivity index (χ3n) is 1.37. The Morgan fingerprint density at radius 3 is 2.67 bits per heavy atom. The summed E-state index contributed by atoms with van der Waals surface area (Å²) in [5.41, 5.74) is 5.21. The molecule has 0 saturated heterocycles. The molecule has 0 aromatic carbocycles. The SMILES string of the molecule is COCCCSCCCC(=N)N. The minimum Gasteiger partial charge on any atom is -0.388 e. The number of rotatable bonds is 8. The van der Waals surface area contributed by atoms with Crippen LogP contribution in [0, 0.1) is 5.41 Å². The quantitative estimate of drug-likeness (QED) is 0.346. The molecule has 0 heterocycles. The van der Waals surface area contributed by atoms with Crippen LogP contribution in [0.1, 0.15) is 19.3 Å². The number of hydrogen-bond donors (Lipinski definition) is 2. The second-order valence-electron chi connectivity index (χ2n) is 2.59. The van der Waals surface area contributed by atoms with Crippen LogP contribution in [-0.4, -0.2) is 31.1 Å². The first-order valence-corrected chi connectivity index (χ1v) is 5.32. The first-order chi connectivity index (χ1) is 5.77. The van der Waals surface area contributed by atoms with Crippen LogP contribution >= 0.6 is 11.8 Å². The Labute approximate surface area is 78.6 Å². The lowest BCUT2D eigenvalue weighted by atomic mass is 10.3. The number of amidine groups is 1. The van der Waals surface area contributed by atoms with Crippen LogP contribution in [-0.2, 0) is 4.74 Å². The average Bonchev–Trinajstić information content (AvgIpc) is 2.02. The van der Waals surface area contributed by atoms with Crippen LogP contribution in [0.2, 0.25) is 0 Å². The highest BCUT2D eigenvalue weighted by molar-refractivity contribution is 7.99. The van der Waals surface area contributed by atoms with Gasteiger partial charge in [-0.15, -0.1) is 0 Å². The van der Waals surface area contributed by atoms with Gasteiger partial charge in [0.15, 0.2) is 0 Å². The largest absolute Gasteiger partial charge is 0.388 e. The van der Waals surface area contributed by atoms with Crippen molar-refractivity contribution in [2.45, 2.75) is 19.3 Å². The van der Waals surface area contributed by atoms with Crippen molar-refractivity contribution in [3.63, 3.8) is 0 Å². The van der Waals surface area contributed by atoms with Crippen molar-refractivity contribution in [1.82, 2.24) is 0 Å². The van der Waals surface area contributed by atoms with Crippen LogP contribution in [0.15, 0.2) is 0 Å². The standard InChI is InChI=1S/C8H18N2OS/c1-11-5-3-7-12-6-2-4-8(9)10/h2-7H2,1H3,(H3,9,10). The van der Waals surface area contributed by atoms with E-state index in [2.05, 4.69) is 0 Å². The van der Waals surface area contributed by atoms with E-state index < -0.39 is 0 Å². The van der Waals surface area contributed by atoms with Crippen molar-refractivity contribution in [1.29, 1.82) is 5.41 Å². The van der Waals surface area contributed by atoms with E-state index in [0.29, 0.717) is 5.84 Å². The average molecular weight is 190 g/mol. The summed E-state index contributed by atoms with van der Waals surface area (Å²) in [6, 6.07) is 0. The van der Waals surface area contributed by atoms with Crippen molar-refractivity contribution in [3.05, 3.63) is 0 Å². The van der Waals surface area contributed by atoms with Gasteiger partial charge in [0, 0.05) is 20.1 Å². The van der Waals surface area contributed by atoms with E-state index in [-0.39, 0.29) is 0 Å². The molecule has 3 nitrogen and oxygen atoms in total. The Morgan fingerprint density at radius 1 is 1.42 bits per heavy atom. The van der Waals surface area contributed by atoms with Crippen molar-refractivity contribution in [2.75, 3.05) is 25.2 Å². The number of thioether (sulfide) groups is 1. The first kappa shape index (κ1) is 11.8. The Morgan fingerprint density at radius 2 is 2.08 bits per heavy atom. The van der Waals surface area contributed by atoms with Crippen LogP contribution in [0.25, 0.3) is 0 Å². The summed E-state index contributed by atoms with van der Waals surface area (Å²) in [5, 5.41) is 6.99.